The maximum Gasteiger partial charge on any atom is 0.248 e. The molecular formula is C17H16ClNO3. The normalized spacial score (nSPS) is 10.5. The maximum atomic E-state index is 12.0. The molecule has 5 heteroatoms. The largest absolute Gasteiger partial charge is 0.495 e. The van der Waals surface area contributed by atoms with E-state index in [-0.39, 0.29) is 5.91 Å². The van der Waals surface area contributed by atoms with Gasteiger partial charge in [-0.2, -0.15) is 0 Å². The summed E-state index contributed by atoms with van der Waals surface area (Å²) < 4.78 is 10.3. The molecule has 0 bridgehead atoms. The average molecular weight is 318 g/mol. The summed E-state index contributed by atoms with van der Waals surface area (Å²) in [5, 5.41) is 3.16. The molecule has 0 aromatic heterocycles. The molecule has 0 aliphatic carbocycles. The van der Waals surface area contributed by atoms with E-state index in [2.05, 4.69) is 5.32 Å². The lowest BCUT2D eigenvalue weighted by atomic mass is 10.2. The maximum absolute atomic E-state index is 12.0. The van der Waals surface area contributed by atoms with Gasteiger partial charge in [0.2, 0.25) is 5.91 Å². The Balaban J connectivity index is 2.16. The second kappa shape index (κ2) is 7.52. The molecule has 2 aromatic rings. The minimum atomic E-state index is -0.272. The van der Waals surface area contributed by atoms with E-state index in [1.165, 1.54) is 20.3 Å². The van der Waals surface area contributed by atoms with Crippen LogP contribution in [0.15, 0.2) is 48.5 Å². The Kier molecular flexibility index (Phi) is 5.44. The zero-order valence-corrected chi connectivity index (χ0v) is 13.1. The van der Waals surface area contributed by atoms with Crippen LogP contribution in [-0.4, -0.2) is 20.1 Å². The summed E-state index contributed by atoms with van der Waals surface area (Å²) in [6, 6.07) is 12.8. The van der Waals surface area contributed by atoms with Gasteiger partial charge in [0, 0.05) is 18.2 Å². The molecule has 1 N–H and O–H groups in total. The van der Waals surface area contributed by atoms with Gasteiger partial charge in [-0.15, -0.1) is 0 Å². The predicted molar refractivity (Wildman–Crippen MR) is 88.7 cm³/mol. The number of hydrogen-bond acceptors (Lipinski definition) is 3. The molecule has 0 aliphatic rings. The number of nitrogens with one attached hydrogen (secondary N) is 1. The molecule has 2 rings (SSSR count). The molecule has 0 saturated heterocycles. The summed E-state index contributed by atoms with van der Waals surface area (Å²) in [6.07, 6.45) is 3.19. The van der Waals surface area contributed by atoms with Crippen molar-refractivity contribution in [3.05, 3.63) is 59.1 Å². The van der Waals surface area contributed by atoms with Crippen molar-refractivity contribution in [2.75, 3.05) is 19.5 Å². The highest BCUT2D eigenvalue weighted by Crippen LogP contribution is 2.35. The molecule has 0 spiro atoms. The van der Waals surface area contributed by atoms with Crippen molar-refractivity contribution in [1.29, 1.82) is 0 Å². The standard InChI is InChI=1S/C17H16ClNO3/c1-21-15-11-14(16(22-2)10-13(15)18)19-17(20)9-8-12-6-4-3-5-7-12/h3-11H,1-2H3,(H,19,20). The molecule has 4 nitrogen and oxygen atoms in total. The van der Waals surface area contributed by atoms with Crippen molar-refractivity contribution in [2.24, 2.45) is 0 Å². The van der Waals surface area contributed by atoms with Crippen LogP contribution in [0.25, 0.3) is 6.08 Å². The third-order valence-corrected chi connectivity index (χ3v) is 3.25. The van der Waals surface area contributed by atoms with Gasteiger partial charge in [-0.25, -0.2) is 0 Å². The Hall–Kier alpha value is -2.46. The fourth-order valence-corrected chi connectivity index (χ4v) is 2.10. The van der Waals surface area contributed by atoms with Gasteiger partial charge in [0.1, 0.15) is 11.5 Å². The Bertz CT molecular complexity index is 684. The van der Waals surface area contributed by atoms with Crippen LogP contribution in [0, 0.1) is 0 Å². The Morgan fingerprint density at radius 3 is 2.41 bits per heavy atom. The van der Waals surface area contributed by atoms with Crippen LogP contribution in [-0.2, 0) is 4.79 Å². The third kappa shape index (κ3) is 4.02. The van der Waals surface area contributed by atoms with E-state index in [4.69, 9.17) is 21.1 Å². The summed E-state index contributed by atoms with van der Waals surface area (Å²) in [4.78, 5) is 12.0. The monoisotopic (exact) mass is 317 g/mol. The van der Waals surface area contributed by atoms with Gasteiger partial charge in [-0.1, -0.05) is 41.9 Å². The lowest BCUT2D eigenvalue weighted by molar-refractivity contribution is -0.111. The lowest BCUT2D eigenvalue weighted by Crippen LogP contribution is -2.09. The van der Waals surface area contributed by atoms with Gasteiger partial charge < -0.3 is 14.8 Å². The van der Waals surface area contributed by atoms with Crippen LogP contribution in [0.2, 0.25) is 5.02 Å². The fraction of sp³-hybridized carbons (Fsp3) is 0.118. The van der Waals surface area contributed by atoms with E-state index >= 15 is 0 Å². The molecule has 0 radical (unpaired) electrons. The second-order valence-corrected chi connectivity index (χ2v) is 4.83. The summed E-state index contributed by atoms with van der Waals surface area (Å²) >= 11 is 6.03. The molecule has 0 unspecified atom stereocenters. The first-order valence-electron chi connectivity index (χ1n) is 6.59. The molecule has 0 saturated carbocycles. The number of ether oxygens (including phenoxy) is 2. The first-order chi connectivity index (χ1) is 10.6. The number of rotatable bonds is 5. The number of carbonyl (C=O) groups excluding carboxylic acids is 1. The van der Waals surface area contributed by atoms with Crippen LogP contribution >= 0.6 is 11.6 Å². The van der Waals surface area contributed by atoms with E-state index in [1.54, 1.807) is 18.2 Å². The smallest absolute Gasteiger partial charge is 0.248 e. The van der Waals surface area contributed by atoms with E-state index in [9.17, 15) is 4.79 Å². The van der Waals surface area contributed by atoms with Crippen LogP contribution in [0.4, 0.5) is 5.69 Å². The predicted octanol–water partition coefficient (Wildman–Crippen LogP) is 4.01. The number of anilines is 1. The van der Waals surface area contributed by atoms with Gasteiger partial charge in [0.15, 0.2) is 0 Å². The highest BCUT2D eigenvalue weighted by atomic mass is 35.5. The van der Waals surface area contributed by atoms with Crippen molar-refractivity contribution >= 4 is 29.3 Å². The number of carbonyl (C=O) groups is 1. The molecule has 0 atom stereocenters. The van der Waals surface area contributed by atoms with Crippen molar-refractivity contribution in [3.63, 3.8) is 0 Å². The summed E-state index contributed by atoms with van der Waals surface area (Å²) in [6.45, 7) is 0. The Morgan fingerprint density at radius 1 is 1.09 bits per heavy atom. The summed E-state index contributed by atoms with van der Waals surface area (Å²) in [7, 11) is 3.02. The molecule has 22 heavy (non-hydrogen) atoms. The summed E-state index contributed by atoms with van der Waals surface area (Å²) in [5.74, 6) is 0.656. The molecule has 0 heterocycles. The summed E-state index contributed by atoms with van der Waals surface area (Å²) in [5.41, 5.74) is 1.43. The van der Waals surface area contributed by atoms with E-state index < -0.39 is 0 Å². The Labute approximate surface area is 134 Å². The highest BCUT2D eigenvalue weighted by Gasteiger charge is 2.11. The van der Waals surface area contributed by atoms with Gasteiger partial charge in [-0.05, 0) is 11.6 Å². The fourth-order valence-electron chi connectivity index (χ4n) is 1.87. The molecule has 2 aromatic carbocycles. The SMILES string of the molecule is COc1cc(NC(=O)C=Cc2ccccc2)c(OC)cc1Cl. The van der Waals surface area contributed by atoms with Gasteiger partial charge >= 0.3 is 0 Å². The molecule has 114 valence electrons. The number of amides is 1. The van der Waals surface area contributed by atoms with Crippen molar-refractivity contribution in [2.45, 2.75) is 0 Å². The molecular weight excluding hydrogens is 302 g/mol. The first kappa shape index (κ1) is 15.9. The zero-order valence-electron chi connectivity index (χ0n) is 12.3. The number of halogens is 1. The van der Waals surface area contributed by atoms with E-state index in [0.717, 1.165) is 5.56 Å². The molecule has 1 amide bonds. The van der Waals surface area contributed by atoms with Crippen LogP contribution < -0.4 is 14.8 Å². The minimum Gasteiger partial charge on any atom is -0.495 e. The topological polar surface area (TPSA) is 47.6 Å². The lowest BCUT2D eigenvalue weighted by Gasteiger charge is -2.12. The van der Waals surface area contributed by atoms with Gasteiger partial charge in [0.05, 0.1) is 24.9 Å². The quantitative estimate of drug-likeness (QED) is 0.848. The molecule has 0 aliphatic heterocycles. The highest BCUT2D eigenvalue weighted by molar-refractivity contribution is 6.32. The van der Waals surface area contributed by atoms with Gasteiger partial charge in [0.25, 0.3) is 0 Å². The first-order valence-corrected chi connectivity index (χ1v) is 6.97. The van der Waals surface area contributed by atoms with Gasteiger partial charge in [-0.3, -0.25) is 4.79 Å². The van der Waals surface area contributed by atoms with Crippen molar-refractivity contribution < 1.29 is 14.3 Å². The van der Waals surface area contributed by atoms with Crippen LogP contribution in [0.3, 0.4) is 0 Å². The second-order valence-electron chi connectivity index (χ2n) is 4.42. The van der Waals surface area contributed by atoms with E-state index in [0.29, 0.717) is 22.2 Å². The van der Waals surface area contributed by atoms with Crippen molar-refractivity contribution in [3.8, 4) is 11.5 Å². The number of benzene rings is 2. The van der Waals surface area contributed by atoms with Crippen LogP contribution in [0.1, 0.15) is 5.56 Å². The Morgan fingerprint density at radius 2 is 1.77 bits per heavy atom. The van der Waals surface area contributed by atoms with Crippen LogP contribution in [0.5, 0.6) is 11.5 Å². The third-order valence-electron chi connectivity index (χ3n) is 2.96. The minimum absolute atomic E-state index is 0.272. The average Bonchev–Trinajstić information content (AvgIpc) is 2.55. The van der Waals surface area contributed by atoms with E-state index in [1.807, 2.05) is 30.3 Å². The van der Waals surface area contributed by atoms with Crippen molar-refractivity contribution in [1.82, 2.24) is 0 Å². The number of hydrogen-bond donors (Lipinski definition) is 1. The zero-order chi connectivity index (χ0) is 15.9. The molecule has 0 fully saturated rings. The number of methoxy groups -OCH3 is 2.